The summed E-state index contributed by atoms with van der Waals surface area (Å²) in [6, 6.07) is 87.8. The van der Waals surface area contributed by atoms with Gasteiger partial charge >= 0.3 is 0 Å². The molecule has 0 fully saturated rings. The summed E-state index contributed by atoms with van der Waals surface area (Å²) in [6.07, 6.45) is 0. The van der Waals surface area contributed by atoms with Gasteiger partial charge in [0.05, 0.1) is 5.69 Å². The van der Waals surface area contributed by atoms with Crippen molar-refractivity contribution in [2.24, 2.45) is 0 Å². The molecule has 11 aromatic rings. The molecule has 0 radical (unpaired) electrons. The van der Waals surface area contributed by atoms with Crippen molar-refractivity contribution in [2.75, 3.05) is 4.90 Å². The summed E-state index contributed by atoms with van der Waals surface area (Å²) < 4.78 is 6.68. The van der Waals surface area contributed by atoms with Gasteiger partial charge in [-0.1, -0.05) is 194 Å². The van der Waals surface area contributed by atoms with Crippen LogP contribution in [-0.2, 0) is 0 Å². The summed E-state index contributed by atoms with van der Waals surface area (Å²) in [4.78, 5) is 7.42. The molecule has 0 spiro atoms. The standard InChI is InChI=1S/C57H40N2OSi/c1-6-19-41(20-7-1)51-31-16-17-32-54(51)59(46-37-35-42-33-34-43-36-38-53-56(55(43)52(42)40-46)60-57(58-53)44-21-8-2-9-22-44)45-23-18-30-50(39-45)61(47-24-10-3-11-25-47,48-26-12-4-13-27-48)49-28-14-5-15-29-49/h1-40H. The van der Waals surface area contributed by atoms with Crippen molar-refractivity contribution < 1.29 is 4.42 Å². The van der Waals surface area contributed by atoms with E-state index in [1.807, 2.05) is 30.3 Å². The molecule has 0 aliphatic rings. The molecule has 0 amide bonds. The van der Waals surface area contributed by atoms with Crippen LogP contribution in [0.4, 0.5) is 17.1 Å². The number of anilines is 3. The highest BCUT2D eigenvalue weighted by Gasteiger charge is 2.41. The Balaban J connectivity index is 1.19. The van der Waals surface area contributed by atoms with Gasteiger partial charge in [0.15, 0.2) is 13.7 Å². The minimum Gasteiger partial charge on any atom is -0.435 e. The van der Waals surface area contributed by atoms with Gasteiger partial charge in [-0.15, -0.1) is 0 Å². The minimum absolute atomic E-state index is 0.620. The normalized spacial score (nSPS) is 11.6. The van der Waals surface area contributed by atoms with Crippen LogP contribution in [0.25, 0.3) is 55.2 Å². The average Bonchev–Trinajstić information content (AvgIpc) is 3.79. The van der Waals surface area contributed by atoms with Crippen molar-refractivity contribution in [3.05, 3.63) is 243 Å². The van der Waals surface area contributed by atoms with E-state index in [1.165, 1.54) is 20.7 Å². The maximum absolute atomic E-state index is 6.68. The molecular formula is C57H40N2OSi. The summed E-state index contributed by atoms with van der Waals surface area (Å²) in [5, 5.41) is 9.72. The topological polar surface area (TPSA) is 29.3 Å². The van der Waals surface area contributed by atoms with E-state index in [9.17, 15) is 0 Å². The van der Waals surface area contributed by atoms with Crippen molar-refractivity contribution in [1.29, 1.82) is 0 Å². The smallest absolute Gasteiger partial charge is 0.227 e. The predicted octanol–water partition coefficient (Wildman–Crippen LogP) is 12.3. The molecule has 0 saturated carbocycles. The number of nitrogens with zero attached hydrogens (tertiary/aromatic N) is 2. The van der Waals surface area contributed by atoms with E-state index >= 15 is 0 Å². The highest BCUT2D eigenvalue weighted by molar-refractivity contribution is 7.19. The van der Waals surface area contributed by atoms with Gasteiger partial charge in [0.25, 0.3) is 0 Å². The summed E-state index contributed by atoms with van der Waals surface area (Å²) in [5.74, 6) is 0.620. The number of benzene rings is 10. The first kappa shape index (κ1) is 36.3. The zero-order valence-electron chi connectivity index (χ0n) is 33.4. The van der Waals surface area contributed by atoms with Gasteiger partial charge in [-0.2, -0.15) is 0 Å². The van der Waals surface area contributed by atoms with Crippen LogP contribution in [0.15, 0.2) is 247 Å². The largest absolute Gasteiger partial charge is 0.435 e. The molecule has 3 nitrogen and oxygen atoms in total. The number of hydrogen-bond acceptors (Lipinski definition) is 3. The minimum atomic E-state index is -2.84. The molecule has 10 aromatic carbocycles. The number of hydrogen-bond donors (Lipinski definition) is 0. The van der Waals surface area contributed by atoms with E-state index in [-0.39, 0.29) is 0 Å². The van der Waals surface area contributed by atoms with E-state index in [0.29, 0.717) is 5.89 Å². The Morgan fingerprint density at radius 3 is 1.56 bits per heavy atom. The van der Waals surface area contributed by atoms with Crippen LogP contribution in [0.3, 0.4) is 0 Å². The molecular weight excluding hydrogens is 757 g/mol. The Hall–Kier alpha value is -7.79. The summed E-state index contributed by atoms with van der Waals surface area (Å²) in [6.45, 7) is 0. The van der Waals surface area contributed by atoms with Gasteiger partial charge < -0.3 is 9.32 Å². The Labute approximate surface area is 356 Å². The molecule has 0 N–H and O–H groups in total. The van der Waals surface area contributed by atoms with Crippen LogP contribution < -0.4 is 25.6 Å². The Morgan fingerprint density at radius 1 is 0.393 bits per heavy atom. The molecule has 0 saturated heterocycles. The lowest BCUT2D eigenvalue weighted by atomic mass is 9.99. The third-order valence-corrected chi connectivity index (χ3v) is 16.8. The lowest BCUT2D eigenvalue weighted by Crippen LogP contribution is -2.74. The van der Waals surface area contributed by atoms with Gasteiger partial charge in [-0.05, 0) is 91.0 Å². The molecule has 11 rings (SSSR count). The molecule has 0 aliphatic carbocycles. The maximum Gasteiger partial charge on any atom is 0.227 e. The fourth-order valence-corrected chi connectivity index (χ4v) is 14.0. The second kappa shape index (κ2) is 15.4. The van der Waals surface area contributed by atoms with Crippen molar-refractivity contribution in [2.45, 2.75) is 0 Å². The second-order valence-corrected chi connectivity index (χ2v) is 19.3. The second-order valence-electron chi connectivity index (χ2n) is 15.5. The Morgan fingerprint density at radius 2 is 0.902 bits per heavy atom. The number of aromatic nitrogens is 1. The third-order valence-electron chi connectivity index (χ3n) is 12.0. The highest BCUT2D eigenvalue weighted by atomic mass is 28.3. The predicted molar refractivity (Wildman–Crippen MR) is 258 cm³/mol. The number of rotatable bonds is 9. The molecule has 1 aromatic heterocycles. The average molecular weight is 797 g/mol. The summed E-state index contributed by atoms with van der Waals surface area (Å²) in [5.41, 5.74) is 8.11. The first-order valence-corrected chi connectivity index (χ1v) is 22.8. The van der Waals surface area contributed by atoms with E-state index < -0.39 is 8.07 Å². The fraction of sp³-hybridized carbons (Fsp3) is 0. The fourth-order valence-electron chi connectivity index (χ4n) is 9.25. The number of fused-ring (bicyclic) bond motifs is 5. The van der Waals surface area contributed by atoms with Crippen molar-refractivity contribution >= 4 is 78.5 Å². The van der Waals surface area contributed by atoms with Gasteiger partial charge in [0.2, 0.25) is 5.89 Å². The van der Waals surface area contributed by atoms with E-state index in [2.05, 4.69) is 217 Å². The molecule has 61 heavy (non-hydrogen) atoms. The zero-order chi connectivity index (χ0) is 40.6. The molecule has 288 valence electrons. The van der Waals surface area contributed by atoms with Gasteiger partial charge in [0.1, 0.15) is 5.52 Å². The lowest BCUT2D eigenvalue weighted by Gasteiger charge is -2.35. The molecule has 0 bridgehead atoms. The lowest BCUT2D eigenvalue weighted by molar-refractivity contribution is 0.623. The van der Waals surface area contributed by atoms with Gasteiger partial charge in [0, 0.05) is 27.9 Å². The third kappa shape index (κ3) is 6.33. The van der Waals surface area contributed by atoms with E-state index in [1.54, 1.807) is 0 Å². The van der Waals surface area contributed by atoms with Crippen molar-refractivity contribution in [3.63, 3.8) is 0 Å². The molecule has 1 heterocycles. The molecule has 0 atom stereocenters. The first-order valence-electron chi connectivity index (χ1n) is 20.8. The number of oxazole rings is 1. The SMILES string of the molecule is c1ccc(-c2nc3ccc4ccc5ccc(N(c6cccc([Si](c7ccccc7)(c7ccccc7)c7ccccc7)c6)c6ccccc6-c6ccccc6)cc5c4c3o2)cc1. The van der Waals surface area contributed by atoms with Gasteiger partial charge in [-0.3, -0.25) is 0 Å². The highest BCUT2D eigenvalue weighted by Crippen LogP contribution is 2.43. The van der Waals surface area contributed by atoms with Crippen LogP contribution in [-0.4, -0.2) is 13.1 Å². The van der Waals surface area contributed by atoms with E-state index in [0.717, 1.165) is 66.4 Å². The first-order chi connectivity index (χ1) is 30.3. The molecule has 4 heteroatoms. The number of para-hydroxylation sites is 1. The Bertz CT molecular complexity index is 3200. The quantitative estimate of drug-likeness (QED) is 0.0828. The van der Waals surface area contributed by atoms with Gasteiger partial charge in [-0.25, -0.2) is 4.98 Å². The van der Waals surface area contributed by atoms with Crippen LogP contribution >= 0.6 is 0 Å². The molecule has 0 aliphatic heterocycles. The van der Waals surface area contributed by atoms with Crippen molar-refractivity contribution in [1.82, 2.24) is 4.98 Å². The van der Waals surface area contributed by atoms with E-state index in [4.69, 9.17) is 9.40 Å². The Kier molecular flexibility index (Phi) is 9.18. The summed E-state index contributed by atoms with van der Waals surface area (Å²) in [7, 11) is -2.84. The van der Waals surface area contributed by atoms with Crippen LogP contribution in [0, 0.1) is 0 Å². The zero-order valence-corrected chi connectivity index (χ0v) is 34.4. The van der Waals surface area contributed by atoms with Crippen LogP contribution in [0.5, 0.6) is 0 Å². The maximum atomic E-state index is 6.68. The molecule has 0 unspecified atom stereocenters. The monoisotopic (exact) mass is 796 g/mol. The van der Waals surface area contributed by atoms with Crippen LogP contribution in [0.2, 0.25) is 0 Å². The summed E-state index contributed by atoms with van der Waals surface area (Å²) >= 11 is 0. The van der Waals surface area contributed by atoms with Crippen molar-refractivity contribution in [3.8, 4) is 22.6 Å². The van der Waals surface area contributed by atoms with Crippen LogP contribution in [0.1, 0.15) is 0 Å².